The molecule has 0 heterocycles. The summed E-state index contributed by atoms with van der Waals surface area (Å²) in [4.78, 5) is 0. The topological polar surface area (TPSA) is 12.0 Å². The molecule has 0 radical (unpaired) electrons. The molecule has 0 saturated heterocycles. The third-order valence-electron chi connectivity index (χ3n) is 4.30. The first kappa shape index (κ1) is 16.2. The molecule has 108 valence electrons. The average molecular weight is 261 g/mol. The fourth-order valence-corrected chi connectivity index (χ4v) is 3.23. The molecule has 2 atom stereocenters. The van der Waals surface area contributed by atoms with Gasteiger partial charge < -0.3 is 5.32 Å². The van der Waals surface area contributed by atoms with Crippen LogP contribution in [0.2, 0.25) is 0 Å². The van der Waals surface area contributed by atoms with Gasteiger partial charge in [-0.1, -0.05) is 38.5 Å². The molecule has 0 aromatic heterocycles. The van der Waals surface area contributed by atoms with E-state index in [1.807, 2.05) is 0 Å². The molecular formula is C18H31N. The molecule has 0 aliphatic carbocycles. The summed E-state index contributed by atoms with van der Waals surface area (Å²) in [5, 5.41) is 3.60. The van der Waals surface area contributed by atoms with Crippen LogP contribution in [-0.2, 0) is 6.42 Å². The lowest BCUT2D eigenvalue weighted by Gasteiger charge is -2.29. The van der Waals surface area contributed by atoms with Gasteiger partial charge in [-0.2, -0.15) is 0 Å². The Morgan fingerprint density at radius 3 is 1.95 bits per heavy atom. The summed E-state index contributed by atoms with van der Waals surface area (Å²) in [5.74, 6) is 1.40. The number of aryl methyl sites for hydroxylation is 3. The van der Waals surface area contributed by atoms with Gasteiger partial charge in [0.15, 0.2) is 0 Å². The molecule has 0 aliphatic heterocycles. The Morgan fingerprint density at radius 1 is 1.00 bits per heavy atom. The minimum Gasteiger partial charge on any atom is -0.314 e. The van der Waals surface area contributed by atoms with Crippen LogP contribution >= 0.6 is 0 Å². The van der Waals surface area contributed by atoms with Crippen molar-refractivity contribution in [1.29, 1.82) is 0 Å². The average Bonchev–Trinajstić information content (AvgIpc) is 2.27. The van der Waals surface area contributed by atoms with E-state index in [-0.39, 0.29) is 0 Å². The van der Waals surface area contributed by atoms with Gasteiger partial charge in [-0.15, -0.1) is 0 Å². The van der Waals surface area contributed by atoms with Crippen LogP contribution < -0.4 is 5.32 Å². The van der Waals surface area contributed by atoms with E-state index in [1.54, 1.807) is 5.56 Å². The predicted molar refractivity (Wildman–Crippen MR) is 85.8 cm³/mol. The van der Waals surface area contributed by atoms with Crippen LogP contribution in [0, 0.1) is 32.6 Å². The Balaban J connectivity index is 2.97. The normalized spacial score (nSPS) is 14.7. The SMILES string of the molecule is CCNC(C)C(Cc1c(C)cc(C)cc1C)C(C)C. The molecule has 0 bridgehead atoms. The van der Waals surface area contributed by atoms with Crippen LogP contribution in [0.4, 0.5) is 0 Å². The molecule has 1 N–H and O–H groups in total. The smallest absolute Gasteiger partial charge is 0.00725 e. The third-order valence-corrected chi connectivity index (χ3v) is 4.30. The van der Waals surface area contributed by atoms with Crippen molar-refractivity contribution < 1.29 is 0 Å². The summed E-state index contributed by atoms with van der Waals surface area (Å²) in [5.41, 5.74) is 5.83. The molecule has 2 unspecified atom stereocenters. The van der Waals surface area contributed by atoms with Crippen LogP contribution in [0.15, 0.2) is 12.1 Å². The Morgan fingerprint density at radius 2 is 1.53 bits per heavy atom. The third kappa shape index (κ3) is 4.35. The Kier molecular flexibility index (Phi) is 6.06. The molecule has 19 heavy (non-hydrogen) atoms. The van der Waals surface area contributed by atoms with Gasteiger partial charge >= 0.3 is 0 Å². The number of benzene rings is 1. The first-order chi connectivity index (χ1) is 8.86. The minimum absolute atomic E-state index is 0.574. The molecule has 1 nitrogen and oxygen atoms in total. The van der Waals surface area contributed by atoms with Crippen molar-refractivity contribution in [2.45, 2.75) is 60.9 Å². The summed E-state index contributed by atoms with van der Waals surface area (Å²) in [6.07, 6.45) is 1.18. The quantitative estimate of drug-likeness (QED) is 0.799. The molecule has 1 aromatic rings. The van der Waals surface area contributed by atoms with Crippen LogP contribution in [0.3, 0.4) is 0 Å². The second-order valence-electron chi connectivity index (χ2n) is 6.34. The van der Waals surface area contributed by atoms with Gasteiger partial charge in [0.1, 0.15) is 0 Å². The van der Waals surface area contributed by atoms with E-state index in [9.17, 15) is 0 Å². The summed E-state index contributed by atoms with van der Waals surface area (Å²) in [7, 11) is 0. The van der Waals surface area contributed by atoms with Crippen LogP contribution in [0.25, 0.3) is 0 Å². The highest BCUT2D eigenvalue weighted by molar-refractivity contribution is 5.37. The van der Waals surface area contributed by atoms with E-state index in [4.69, 9.17) is 0 Å². The Labute approximate surface area is 119 Å². The maximum absolute atomic E-state index is 3.60. The van der Waals surface area contributed by atoms with Crippen molar-refractivity contribution in [3.05, 3.63) is 34.4 Å². The molecule has 0 spiro atoms. The zero-order valence-corrected chi connectivity index (χ0v) is 13.8. The largest absolute Gasteiger partial charge is 0.314 e. The second kappa shape index (κ2) is 7.09. The number of nitrogens with one attached hydrogen (secondary N) is 1. The van der Waals surface area contributed by atoms with Crippen LogP contribution in [0.1, 0.15) is 49.9 Å². The Hall–Kier alpha value is -0.820. The van der Waals surface area contributed by atoms with Crippen molar-refractivity contribution in [3.8, 4) is 0 Å². The number of rotatable bonds is 6. The van der Waals surface area contributed by atoms with E-state index in [0.29, 0.717) is 17.9 Å². The minimum atomic E-state index is 0.574. The van der Waals surface area contributed by atoms with E-state index in [0.717, 1.165) is 6.54 Å². The van der Waals surface area contributed by atoms with Crippen molar-refractivity contribution in [2.75, 3.05) is 6.54 Å². The molecule has 1 aromatic carbocycles. The molecule has 1 heteroatoms. The molecule has 0 amide bonds. The molecular weight excluding hydrogens is 230 g/mol. The Bertz CT molecular complexity index is 383. The highest BCUT2D eigenvalue weighted by Crippen LogP contribution is 2.25. The molecule has 1 rings (SSSR count). The first-order valence-corrected chi connectivity index (χ1v) is 7.66. The van der Waals surface area contributed by atoms with Gasteiger partial charge in [-0.25, -0.2) is 0 Å². The lowest BCUT2D eigenvalue weighted by molar-refractivity contribution is 0.291. The van der Waals surface area contributed by atoms with Crippen LogP contribution in [0.5, 0.6) is 0 Å². The van der Waals surface area contributed by atoms with Crippen molar-refractivity contribution in [3.63, 3.8) is 0 Å². The highest BCUT2D eigenvalue weighted by atomic mass is 14.9. The highest BCUT2D eigenvalue weighted by Gasteiger charge is 2.22. The monoisotopic (exact) mass is 261 g/mol. The van der Waals surface area contributed by atoms with Gasteiger partial charge in [0, 0.05) is 6.04 Å². The van der Waals surface area contributed by atoms with Gasteiger partial charge in [-0.3, -0.25) is 0 Å². The van der Waals surface area contributed by atoms with E-state index < -0.39 is 0 Å². The lowest BCUT2D eigenvalue weighted by Crippen LogP contribution is -2.37. The lowest BCUT2D eigenvalue weighted by atomic mass is 9.81. The fourth-order valence-electron chi connectivity index (χ4n) is 3.23. The van der Waals surface area contributed by atoms with E-state index in [1.165, 1.54) is 23.1 Å². The van der Waals surface area contributed by atoms with E-state index in [2.05, 4.69) is 65.9 Å². The molecule has 0 saturated carbocycles. The predicted octanol–water partition coefficient (Wildman–Crippen LogP) is 4.42. The molecule has 0 fully saturated rings. The van der Waals surface area contributed by atoms with Gasteiger partial charge in [0.2, 0.25) is 0 Å². The van der Waals surface area contributed by atoms with Gasteiger partial charge in [0.25, 0.3) is 0 Å². The summed E-state index contributed by atoms with van der Waals surface area (Å²) >= 11 is 0. The van der Waals surface area contributed by atoms with Crippen LogP contribution in [-0.4, -0.2) is 12.6 Å². The summed E-state index contributed by atoms with van der Waals surface area (Å²) in [6, 6.07) is 5.21. The maximum atomic E-state index is 3.60. The summed E-state index contributed by atoms with van der Waals surface area (Å²) in [6.45, 7) is 17.0. The van der Waals surface area contributed by atoms with Crippen molar-refractivity contribution in [2.24, 2.45) is 11.8 Å². The summed E-state index contributed by atoms with van der Waals surface area (Å²) < 4.78 is 0. The van der Waals surface area contributed by atoms with Gasteiger partial charge in [0.05, 0.1) is 0 Å². The zero-order valence-electron chi connectivity index (χ0n) is 13.8. The van der Waals surface area contributed by atoms with Crippen molar-refractivity contribution in [1.82, 2.24) is 5.32 Å². The first-order valence-electron chi connectivity index (χ1n) is 7.66. The van der Waals surface area contributed by atoms with Crippen molar-refractivity contribution >= 4 is 0 Å². The number of hydrogen-bond acceptors (Lipinski definition) is 1. The fraction of sp³-hybridized carbons (Fsp3) is 0.667. The number of hydrogen-bond donors (Lipinski definition) is 1. The maximum Gasteiger partial charge on any atom is 0.00725 e. The van der Waals surface area contributed by atoms with E-state index >= 15 is 0 Å². The molecule has 0 aliphatic rings. The second-order valence-corrected chi connectivity index (χ2v) is 6.34. The zero-order chi connectivity index (χ0) is 14.6. The standard InChI is InChI=1S/C18H31N/c1-8-19-16(7)17(12(2)3)11-18-14(5)9-13(4)10-15(18)6/h9-10,12,16-17,19H,8,11H2,1-7H3. The van der Waals surface area contributed by atoms with Gasteiger partial charge in [-0.05, 0) is 69.2 Å².